The van der Waals surface area contributed by atoms with Gasteiger partial charge in [0.15, 0.2) is 0 Å². The molecule has 0 heterocycles. The third-order valence-corrected chi connectivity index (χ3v) is 3.03. The quantitative estimate of drug-likeness (QED) is 0.760. The van der Waals surface area contributed by atoms with Crippen LogP contribution in [0.5, 0.6) is 0 Å². The van der Waals surface area contributed by atoms with Crippen molar-refractivity contribution in [3.8, 4) is 0 Å². The van der Waals surface area contributed by atoms with Crippen molar-refractivity contribution in [1.82, 2.24) is 0 Å². The number of anilines is 1. The molecule has 1 aromatic carbocycles. The highest BCUT2D eigenvalue weighted by Gasteiger charge is 2.22. The second kappa shape index (κ2) is 6.74. The van der Waals surface area contributed by atoms with E-state index in [4.69, 9.17) is 0 Å². The molecule has 2 nitrogen and oxygen atoms in total. The van der Waals surface area contributed by atoms with Crippen molar-refractivity contribution in [2.24, 2.45) is 5.41 Å². The molecule has 0 aromatic heterocycles. The zero-order chi connectivity index (χ0) is 14.5. The van der Waals surface area contributed by atoms with Gasteiger partial charge in [-0.3, -0.25) is 4.79 Å². The number of hydrogen-bond donors (Lipinski definition) is 0. The van der Waals surface area contributed by atoms with E-state index in [0.717, 1.165) is 25.1 Å². The van der Waals surface area contributed by atoms with Crippen LogP contribution in [0.2, 0.25) is 0 Å². The zero-order valence-corrected chi connectivity index (χ0v) is 13.0. The third kappa shape index (κ3) is 5.46. The lowest BCUT2D eigenvalue weighted by Gasteiger charge is -2.27. The SMILES string of the molecule is CCCCN(C(=O)CC(C)(C)C)c1cccc(C)c1. The van der Waals surface area contributed by atoms with E-state index in [1.807, 2.05) is 17.0 Å². The van der Waals surface area contributed by atoms with Crippen LogP contribution in [0.3, 0.4) is 0 Å². The van der Waals surface area contributed by atoms with E-state index in [9.17, 15) is 4.79 Å². The van der Waals surface area contributed by atoms with Gasteiger partial charge >= 0.3 is 0 Å². The lowest BCUT2D eigenvalue weighted by Crippen LogP contribution is -2.34. The van der Waals surface area contributed by atoms with E-state index in [0.29, 0.717) is 6.42 Å². The summed E-state index contributed by atoms with van der Waals surface area (Å²) < 4.78 is 0. The van der Waals surface area contributed by atoms with Crippen molar-refractivity contribution < 1.29 is 4.79 Å². The second-order valence-electron chi connectivity index (χ2n) is 6.48. The number of carbonyl (C=O) groups excluding carboxylic acids is 1. The molecule has 0 aliphatic rings. The van der Waals surface area contributed by atoms with E-state index in [2.05, 4.69) is 46.8 Å². The minimum atomic E-state index is 0.0331. The van der Waals surface area contributed by atoms with E-state index >= 15 is 0 Å². The number of rotatable bonds is 5. The summed E-state index contributed by atoms with van der Waals surface area (Å²) >= 11 is 0. The molecule has 1 rings (SSSR count). The molecule has 1 amide bonds. The van der Waals surface area contributed by atoms with E-state index in [-0.39, 0.29) is 11.3 Å². The van der Waals surface area contributed by atoms with Crippen LogP contribution in [0, 0.1) is 12.3 Å². The van der Waals surface area contributed by atoms with Crippen LogP contribution in [-0.2, 0) is 4.79 Å². The second-order valence-corrected chi connectivity index (χ2v) is 6.48. The molecule has 0 atom stereocenters. The average Bonchev–Trinajstić information content (AvgIpc) is 2.27. The summed E-state index contributed by atoms with van der Waals surface area (Å²) in [4.78, 5) is 14.4. The molecular weight excluding hydrogens is 234 g/mol. The number of aryl methyl sites for hydroxylation is 1. The lowest BCUT2D eigenvalue weighted by atomic mass is 9.91. The molecule has 0 saturated heterocycles. The monoisotopic (exact) mass is 261 g/mol. The Morgan fingerprint density at radius 2 is 1.95 bits per heavy atom. The van der Waals surface area contributed by atoms with Gasteiger partial charge in [-0.15, -0.1) is 0 Å². The fourth-order valence-corrected chi connectivity index (χ4v) is 2.06. The Balaban J connectivity index is 2.91. The van der Waals surface area contributed by atoms with Crippen LogP contribution >= 0.6 is 0 Å². The van der Waals surface area contributed by atoms with Gasteiger partial charge in [-0.1, -0.05) is 46.2 Å². The average molecular weight is 261 g/mol. The fourth-order valence-electron chi connectivity index (χ4n) is 2.06. The Labute approximate surface area is 117 Å². The van der Waals surface area contributed by atoms with Crippen molar-refractivity contribution in [3.05, 3.63) is 29.8 Å². The van der Waals surface area contributed by atoms with Crippen LogP contribution in [0.15, 0.2) is 24.3 Å². The van der Waals surface area contributed by atoms with E-state index in [1.54, 1.807) is 0 Å². The van der Waals surface area contributed by atoms with E-state index in [1.165, 1.54) is 5.56 Å². The van der Waals surface area contributed by atoms with Crippen molar-refractivity contribution in [2.45, 2.75) is 53.9 Å². The van der Waals surface area contributed by atoms with Crippen LogP contribution in [0.25, 0.3) is 0 Å². The summed E-state index contributed by atoms with van der Waals surface area (Å²) in [6.07, 6.45) is 2.74. The summed E-state index contributed by atoms with van der Waals surface area (Å²) in [7, 11) is 0. The van der Waals surface area contributed by atoms with Crippen molar-refractivity contribution in [1.29, 1.82) is 0 Å². The number of nitrogens with zero attached hydrogens (tertiary/aromatic N) is 1. The van der Waals surface area contributed by atoms with Gasteiger partial charge in [-0.2, -0.15) is 0 Å². The standard InChI is InChI=1S/C17H27NO/c1-6-7-11-18(16(19)13-17(3,4)5)15-10-8-9-14(2)12-15/h8-10,12H,6-7,11,13H2,1-5H3. The van der Waals surface area contributed by atoms with Gasteiger partial charge in [0, 0.05) is 18.7 Å². The predicted octanol–water partition coefficient (Wildman–Crippen LogP) is 4.56. The molecule has 0 aliphatic heterocycles. The molecule has 19 heavy (non-hydrogen) atoms. The molecule has 0 unspecified atom stereocenters. The number of unbranched alkanes of at least 4 members (excludes halogenated alkanes) is 1. The first-order valence-electron chi connectivity index (χ1n) is 7.20. The number of amides is 1. The third-order valence-electron chi connectivity index (χ3n) is 3.03. The minimum absolute atomic E-state index is 0.0331. The van der Waals surface area contributed by atoms with Crippen LogP contribution in [-0.4, -0.2) is 12.5 Å². The van der Waals surface area contributed by atoms with Gasteiger partial charge in [-0.25, -0.2) is 0 Å². The Bertz CT molecular complexity index is 418. The maximum atomic E-state index is 12.5. The first-order chi connectivity index (χ1) is 8.83. The number of hydrogen-bond acceptors (Lipinski definition) is 1. The predicted molar refractivity (Wildman–Crippen MR) is 82.5 cm³/mol. The molecule has 0 spiro atoms. The van der Waals surface area contributed by atoms with Crippen LogP contribution < -0.4 is 4.90 Å². The molecule has 0 N–H and O–H groups in total. The Kier molecular flexibility index (Phi) is 5.59. The Morgan fingerprint density at radius 1 is 1.26 bits per heavy atom. The first-order valence-corrected chi connectivity index (χ1v) is 7.20. The largest absolute Gasteiger partial charge is 0.312 e. The molecule has 106 valence electrons. The molecular formula is C17H27NO. The first kappa shape index (κ1) is 15.7. The van der Waals surface area contributed by atoms with Gasteiger partial charge in [0.1, 0.15) is 0 Å². The maximum absolute atomic E-state index is 12.5. The summed E-state index contributed by atoms with van der Waals surface area (Å²) in [6, 6.07) is 8.21. The molecule has 0 fully saturated rings. The number of carbonyl (C=O) groups is 1. The van der Waals surface area contributed by atoms with E-state index < -0.39 is 0 Å². The highest BCUT2D eigenvalue weighted by molar-refractivity contribution is 5.93. The molecule has 0 saturated carbocycles. The molecule has 0 bridgehead atoms. The maximum Gasteiger partial charge on any atom is 0.227 e. The van der Waals surface area contributed by atoms with Gasteiger partial charge in [0.25, 0.3) is 0 Å². The highest BCUT2D eigenvalue weighted by atomic mass is 16.2. The highest BCUT2D eigenvalue weighted by Crippen LogP contribution is 2.24. The topological polar surface area (TPSA) is 20.3 Å². The fraction of sp³-hybridized carbons (Fsp3) is 0.588. The van der Waals surface area contributed by atoms with Crippen LogP contribution in [0.1, 0.15) is 52.5 Å². The molecule has 0 aliphatic carbocycles. The normalized spacial score (nSPS) is 11.4. The molecule has 1 aromatic rings. The summed E-state index contributed by atoms with van der Waals surface area (Å²) in [5.41, 5.74) is 2.26. The summed E-state index contributed by atoms with van der Waals surface area (Å²) in [5, 5.41) is 0. The lowest BCUT2D eigenvalue weighted by molar-refractivity contribution is -0.120. The smallest absolute Gasteiger partial charge is 0.227 e. The number of benzene rings is 1. The summed E-state index contributed by atoms with van der Waals surface area (Å²) in [5.74, 6) is 0.228. The zero-order valence-electron chi connectivity index (χ0n) is 13.0. The van der Waals surface area contributed by atoms with Gasteiger partial charge in [-0.05, 0) is 36.5 Å². The Hall–Kier alpha value is -1.31. The molecule has 2 heteroatoms. The van der Waals surface area contributed by atoms with Gasteiger partial charge in [0.2, 0.25) is 5.91 Å². The van der Waals surface area contributed by atoms with Crippen LogP contribution in [0.4, 0.5) is 5.69 Å². The molecule has 0 radical (unpaired) electrons. The summed E-state index contributed by atoms with van der Waals surface area (Å²) in [6.45, 7) is 11.4. The van der Waals surface area contributed by atoms with Crippen molar-refractivity contribution in [3.63, 3.8) is 0 Å². The van der Waals surface area contributed by atoms with Gasteiger partial charge in [0.05, 0.1) is 0 Å². The Morgan fingerprint density at radius 3 is 2.47 bits per heavy atom. The van der Waals surface area contributed by atoms with Gasteiger partial charge < -0.3 is 4.90 Å². The van der Waals surface area contributed by atoms with Crippen molar-refractivity contribution >= 4 is 11.6 Å². The van der Waals surface area contributed by atoms with Crippen molar-refractivity contribution in [2.75, 3.05) is 11.4 Å². The minimum Gasteiger partial charge on any atom is -0.312 e.